The van der Waals surface area contributed by atoms with Crippen LogP contribution in [0.4, 0.5) is 14.5 Å². The number of benzene rings is 2. The van der Waals surface area contributed by atoms with E-state index in [2.05, 4.69) is 10.3 Å². The number of nitrogens with zero attached hydrogens (tertiary/aromatic N) is 1. The Morgan fingerprint density at radius 3 is 2.36 bits per heavy atom. The van der Waals surface area contributed by atoms with E-state index in [0.29, 0.717) is 12.0 Å². The van der Waals surface area contributed by atoms with Gasteiger partial charge in [0.05, 0.1) is 11.6 Å². The molecule has 2 aromatic carbocycles. The van der Waals surface area contributed by atoms with Gasteiger partial charge in [-0.2, -0.15) is 0 Å². The monoisotopic (exact) mass is 338 g/mol. The highest BCUT2D eigenvalue weighted by atomic mass is 19.1. The van der Waals surface area contributed by atoms with Crippen molar-refractivity contribution in [2.24, 2.45) is 0 Å². The van der Waals surface area contributed by atoms with Gasteiger partial charge >= 0.3 is 0 Å². The molecule has 0 aliphatic rings. The zero-order valence-electron chi connectivity index (χ0n) is 13.3. The third-order valence-electron chi connectivity index (χ3n) is 3.86. The van der Waals surface area contributed by atoms with Gasteiger partial charge in [-0.3, -0.25) is 9.78 Å². The molecule has 1 atom stereocenters. The summed E-state index contributed by atoms with van der Waals surface area (Å²) in [6.07, 6.45) is 1.97. The predicted octanol–water partition coefficient (Wildman–Crippen LogP) is 4.32. The summed E-state index contributed by atoms with van der Waals surface area (Å²) in [5.41, 5.74) is 1.47. The molecule has 0 fully saturated rings. The molecule has 0 spiro atoms. The van der Waals surface area contributed by atoms with Gasteiger partial charge < -0.3 is 5.32 Å². The van der Waals surface area contributed by atoms with Gasteiger partial charge in [-0.05, 0) is 42.0 Å². The summed E-state index contributed by atoms with van der Waals surface area (Å²) >= 11 is 0. The number of aromatic nitrogens is 1. The molecule has 0 saturated carbocycles. The van der Waals surface area contributed by atoms with Crippen molar-refractivity contribution in [1.82, 2.24) is 4.98 Å². The lowest BCUT2D eigenvalue weighted by atomic mass is 9.93. The number of nitrogens with one attached hydrogen (secondary N) is 1. The molecule has 0 aliphatic carbocycles. The highest BCUT2D eigenvalue weighted by Crippen LogP contribution is 2.23. The van der Waals surface area contributed by atoms with Crippen LogP contribution in [-0.4, -0.2) is 10.9 Å². The maximum Gasteiger partial charge on any atom is 0.232 e. The normalized spacial score (nSPS) is 11.8. The average molecular weight is 338 g/mol. The number of amides is 1. The number of pyridine rings is 1. The summed E-state index contributed by atoms with van der Waals surface area (Å²) in [6.45, 7) is 0. The Morgan fingerprint density at radius 1 is 0.960 bits per heavy atom. The second-order valence-corrected chi connectivity index (χ2v) is 5.60. The summed E-state index contributed by atoms with van der Waals surface area (Å²) in [4.78, 5) is 17.0. The maximum atomic E-state index is 13.8. The minimum atomic E-state index is -0.616. The first-order valence-electron chi connectivity index (χ1n) is 7.84. The number of anilines is 1. The molecule has 3 rings (SSSR count). The van der Waals surface area contributed by atoms with E-state index in [1.807, 2.05) is 12.1 Å². The highest BCUT2D eigenvalue weighted by molar-refractivity contribution is 5.96. The Bertz CT molecular complexity index is 851. The summed E-state index contributed by atoms with van der Waals surface area (Å²) in [5, 5.41) is 2.61. The third kappa shape index (κ3) is 4.26. The van der Waals surface area contributed by atoms with Gasteiger partial charge in [-0.25, -0.2) is 8.78 Å². The van der Waals surface area contributed by atoms with Crippen LogP contribution in [0.5, 0.6) is 0 Å². The molecule has 0 saturated heterocycles. The zero-order valence-corrected chi connectivity index (χ0v) is 13.3. The maximum absolute atomic E-state index is 13.8. The van der Waals surface area contributed by atoms with E-state index in [1.54, 1.807) is 36.5 Å². The number of hydrogen-bond acceptors (Lipinski definition) is 2. The van der Waals surface area contributed by atoms with Gasteiger partial charge in [-0.1, -0.05) is 30.3 Å². The molecular weight excluding hydrogens is 322 g/mol. The van der Waals surface area contributed by atoms with E-state index in [1.165, 1.54) is 24.3 Å². The van der Waals surface area contributed by atoms with Crippen molar-refractivity contribution in [2.75, 3.05) is 5.32 Å². The van der Waals surface area contributed by atoms with Gasteiger partial charge in [0, 0.05) is 18.3 Å². The van der Waals surface area contributed by atoms with Crippen molar-refractivity contribution in [3.8, 4) is 0 Å². The average Bonchev–Trinajstić information content (AvgIpc) is 2.63. The minimum absolute atomic E-state index is 0.112. The number of hydrogen-bond donors (Lipinski definition) is 1. The molecule has 3 aromatic rings. The van der Waals surface area contributed by atoms with Gasteiger partial charge in [-0.15, -0.1) is 0 Å². The van der Waals surface area contributed by atoms with Crippen molar-refractivity contribution >= 4 is 11.6 Å². The van der Waals surface area contributed by atoms with Crippen molar-refractivity contribution in [3.63, 3.8) is 0 Å². The van der Waals surface area contributed by atoms with Crippen LogP contribution < -0.4 is 5.32 Å². The van der Waals surface area contributed by atoms with E-state index >= 15 is 0 Å². The summed E-state index contributed by atoms with van der Waals surface area (Å²) in [5.74, 6) is -1.88. The van der Waals surface area contributed by atoms with Crippen LogP contribution >= 0.6 is 0 Å². The van der Waals surface area contributed by atoms with Crippen LogP contribution in [0.25, 0.3) is 0 Å². The summed E-state index contributed by atoms with van der Waals surface area (Å²) in [7, 11) is 0. The van der Waals surface area contributed by atoms with Gasteiger partial charge in [0.15, 0.2) is 0 Å². The molecular formula is C20H16F2N2O. The lowest BCUT2D eigenvalue weighted by Gasteiger charge is -2.17. The van der Waals surface area contributed by atoms with Crippen LogP contribution in [0.3, 0.4) is 0 Å². The number of carbonyl (C=O) groups is 1. The first-order valence-corrected chi connectivity index (χ1v) is 7.84. The molecule has 0 bridgehead atoms. The van der Waals surface area contributed by atoms with Crippen LogP contribution in [-0.2, 0) is 11.2 Å². The number of para-hydroxylation sites is 1. The molecule has 5 heteroatoms. The Hall–Kier alpha value is -3.08. The standard InChI is InChI=1S/C20H16F2N2O/c21-15-10-8-14(9-11-15)17(13-16-5-3-4-12-23-16)20(25)24-19-7-2-1-6-18(19)22/h1-12,17H,13H2,(H,24,25). The zero-order chi connectivity index (χ0) is 17.6. The van der Waals surface area contributed by atoms with E-state index in [0.717, 1.165) is 5.69 Å². The molecule has 3 nitrogen and oxygen atoms in total. The Morgan fingerprint density at radius 2 is 1.68 bits per heavy atom. The Kier molecular flexibility index (Phi) is 5.14. The smallest absolute Gasteiger partial charge is 0.232 e. The van der Waals surface area contributed by atoms with Crippen molar-refractivity contribution < 1.29 is 13.6 Å². The molecule has 25 heavy (non-hydrogen) atoms. The summed E-state index contributed by atoms with van der Waals surface area (Å²) in [6, 6.07) is 17.1. The second kappa shape index (κ2) is 7.66. The topological polar surface area (TPSA) is 42.0 Å². The van der Waals surface area contributed by atoms with E-state index in [9.17, 15) is 13.6 Å². The Labute approximate surface area is 144 Å². The molecule has 1 N–H and O–H groups in total. The quantitative estimate of drug-likeness (QED) is 0.752. The van der Waals surface area contributed by atoms with E-state index in [4.69, 9.17) is 0 Å². The minimum Gasteiger partial charge on any atom is -0.323 e. The van der Waals surface area contributed by atoms with Crippen LogP contribution in [0, 0.1) is 11.6 Å². The molecule has 1 aromatic heterocycles. The SMILES string of the molecule is O=C(Nc1ccccc1F)C(Cc1ccccn1)c1ccc(F)cc1. The predicted molar refractivity (Wildman–Crippen MR) is 92.1 cm³/mol. The van der Waals surface area contributed by atoms with E-state index < -0.39 is 11.7 Å². The number of halogens is 2. The molecule has 126 valence electrons. The lowest BCUT2D eigenvalue weighted by Crippen LogP contribution is -2.24. The first-order chi connectivity index (χ1) is 12.1. The molecule has 0 aliphatic heterocycles. The second-order valence-electron chi connectivity index (χ2n) is 5.60. The van der Waals surface area contributed by atoms with Gasteiger partial charge in [0.25, 0.3) is 0 Å². The molecule has 1 unspecified atom stereocenters. The van der Waals surface area contributed by atoms with Gasteiger partial charge in [0.1, 0.15) is 11.6 Å². The van der Waals surface area contributed by atoms with Crippen molar-refractivity contribution in [1.29, 1.82) is 0 Å². The fraction of sp³-hybridized carbons (Fsp3) is 0.100. The Balaban J connectivity index is 1.88. The first kappa shape index (κ1) is 16.8. The molecule has 1 heterocycles. The van der Waals surface area contributed by atoms with Crippen LogP contribution in [0.15, 0.2) is 72.9 Å². The highest BCUT2D eigenvalue weighted by Gasteiger charge is 2.22. The van der Waals surface area contributed by atoms with E-state index in [-0.39, 0.29) is 17.4 Å². The lowest BCUT2D eigenvalue weighted by molar-refractivity contribution is -0.117. The molecule has 0 radical (unpaired) electrons. The van der Waals surface area contributed by atoms with Crippen LogP contribution in [0.1, 0.15) is 17.2 Å². The number of carbonyl (C=O) groups excluding carboxylic acids is 1. The van der Waals surface area contributed by atoms with Gasteiger partial charge in [0.2, 0.25) is 5.91 Å². The van der Waals surface area contributed by atoms with Crippen molar-refractivity contribution in [2.45, 2.75) is 12.3 Å². The number of rotatable bonds is 5. The van der Waals surface area contributed by atoms with Crippen molar-refractivity contribution in [3.05, 3.63) is 95.8 Å². The third-order valence-corrected chi connectivity index (χ3v) is 3.86. The fourth-order valence-electron chi connectivity index (χ4n) is 2.57. The largest absolute Gasteiger partial charge is 0.323 e. The summed E-state index contributed by atoms with van der Waals surface area (Å²) < 4.78 is 27.0. The van der Waals surface area contributed by atoms with Crippen LogP contribution in [0.2, 0.25) is 0 Å². The fourth-order valence-corrected chi connectivity index (χ4v) is 2.57. The molecule has 1 amide bonds.